The van der Waals surface area contributed by atoms with Crippen molar-refractivity contribution in [1.82, 2.24) is 29.1 Å². The van der Waals surface area contributed by atoms with Gasteiger partial charge < -0.3 is 0 Å². The Morgan fingerprint density at radius 1 is 0.380 bits per heavy atom. The van der Waals surface area contributed by atoms with E-state index in [0.717, 1.165) is 99.3 Å². The number of hydrogen-bond donors (Lipinski definition) is 0. The Morgan fingerprint density at radius 2 is 0.920 bits per heavy atom. The number of benzene rings is 7. The van der Waals surface area contributed by atoms with Crippen LogP contribution in [0.1, 0.15) is 0 Å². The molecule has 0 atom stereocenters. The Hall–Kier alpha value is -6.92. The Bertz CT molecular complexity index is 3170. The lowest BCUT2D eigenvalue weighted by Crippen LogP contribution is -2.05. The minimum absolute atomic E-state index is 0.762. The summed E-state index contributed by atoms with van der Waals surface area (Å²) in [5.41, 5.74) is 9.48. The summed E-state index contributed by atoms with van der Waals surface area (Å²) in [6.45, 7) is 0. The van der Waals surface area contributed by atoms with Crippen LogP contribution in [0.2, 0.25) is 0 Å². The highest BCUT2D eigenvalue weighted by molar-refractivity contribution is 6.24. The van der Waals surface area contributed by atoms with E-state index >= 15 is 0 Å². The van der Waals surface area contributed by atoms with Crippen molar-refractivity contribution in [3.8, 4) is 22.9 Å². The molecule has 7 aromatic carbocycles. The average molecular weight is 639 g/mol. The molecular formula is C44H26N6. The molecule has 0 fully saturated rings. The van der Waals surface area contributed by atoms with E-state index in [-0.39, 0.29) is 0 Å². The molecule has 0 unspecified atom stereocenters. The number of aromatic nitrogens is 6. The Morgan fingerprint density at radius 3 is 1.66 bits per heavy atom. The smallest absolute Gasteiger partial charge is 0.165 e. The Balaban J connectivity index is 1.36. The van der Waals surface area contributed by atoms with E-state index in [0.29, 0.717) is 0 Å². The van der Waals surface area contributed by atoms with Gasteiger partial charge in [-0.3, -0.25) is 14.1 Å². The summed E-state index contributed by atoms with van der Waals surface area (Å²) in [5.74, 6) is 1.54. The first-order valence-electron chi connectivity index (χ1n) is 16.7. The quantitative estimate of drug-likeness (QED) is 0.193. The lowest BCUT2D eigenvalue weighted by molar-refractivity contribution is 1.06. The van der Waals surface area contributed by atoms with Crippen molar-refractivity contribution < 1.29 is 0 Å². The minimum atomic E-state index is 0.762. The molecule has 0 aliphatic rings. The van der Waals surface area contributed by atoms with Crippen LogP contribution in [-0.4, -0.2) is 29.1 Å². The van der Waals surface area contributed by atoms with Crippen LogP contribution in [0.3, 0.4) is 0 Å². The van der Waals surface area contributed by atoms with Gasteiger partial charge in [0.2, 0.25) is 0 Å². The van der Waals surface area contributed by atoms with Crippen LogP contribution in [0.25, 0.3) is 99.3 Å². The largest absolute Gasteiger partial charge is 0.290 e. The Kier molecular flexibility index (Phi) is 5.57. The number of nitrogens with zero attached hydrogens (tertiary/aromatic N) is 6. The third-order valence-electron chi connectivity index (χ3n) is 9.94. The van der Waals surface area contributed by atoms with E-state index in [1.807, 2.05) is 54.7 Å². The molecule has 0 aliphatic heterocycles. The van der Waals surface area contributed by atoms with Gasteiger partial charge in [0, 0.05) is 27.1 Å². The maximum absolute atomic E-state index is 5.47. The van der Waals surface area contributed by atoms with Gasteiger partial charge in [-0.2, -0.15) is 0 Å². The van der Waals surface area contributed by atoms with E-state index in [1.165, 1.54) is 0 Å². The van der Waals surface area contributed by atoms with Crippen LogP contribution in [0.4, 0.5) is 0 Å². The van der Waals surface area contributed by atoms with Gasteiger partial charge in [-0.15, -0.1) is 0 Å². The molecule has 6 nitrogen and oxygen atoms in total. The van der Waals surface area contributed by atoms with E-state index in [4.69, 9.17) is 19.9 Å². The molecule has 0 aliphatic carbocycles. The summed E-state index contributed by atoms with van der Waals surface area (Å²) in [6.07, 6.45) is 1.89. The van der Waals surface area contributed by atoms with Gasteiger partial charge >= 0.3 is 0 Å². The fraction of sp³-hybridized carbons (Fsp3) is 0. The van der Waals surface area contributed by atoms with Crippen molar-refractivity contribution in [1.29, 1.82) is 0 Å². The van der Waals surface area contributed by atoms with Gasteiger partial charge in [0.15, 0.2) is 11.6 Å². The molecule has 0 amide bonds. The molecule has 4 heterocycles. The van der Waals surface area contributed by atoms with Crippen molar-refractivity contribution in [2.24, 2.45) is 0 Å². The zero-order chi connectivity index (χ0) is 32.8. The van der Waals surface area contributed by atoms with E-state index in [1.54, 1.807) is 0 Å². The summed E-state index contributed by atoms with van der Waals surface area (Å²) >= 11 is 0. The second kappa shape index (κ2) is 10.3. The van der Waals surface area contributed by atoms with Crippen LogP contribution in [0.15, 0.2) is 158 Å². The van der Waals surface area contributed by atoms with E-state index in [2.05, 4.69) is 112 Å². The fourth-order valence-corrected chi connectivity index (χ4v) is 7.77. The highest BCUT2D eigenvalue weighted by atomic mass is 15.1. The van der Waals surface area contributed by atoms with E-state index < -0.39 is 0 Å². The number of rotatable bonds is 3. The second-order valence-electron chi connectivity index (χ2n) is 12.7. The normalized spacial score (nSPS) is 12.0. The number of hydrogen-bond acceptors (Lipinski definition) is 4. The Labute approximate surface area is 285 Å². The van der Waals surface area contributed by atoms with Crippen LogP contribution in [0.5, 0.6) is 0 Å². The van der Waals surface area contributed by atoms with Crippen molar-refractivity contribution in [2.45, 2.75) is 0 Å². The van der Waals surface area contributed by atoms with Crippen molar-refractivity contribution in [2.75, 3.05) is 0 Å². The molecule has 11 aromatic rings. The predicted octanol–water partition coefficient (Wildman–Crippen LogP) is 10.6. The molecule has 4 aromatic heterocycles. The van der Waals surface area contributed by atoms with Gasteiger partial charge in [0.1, 0.15) is 5.69 Å². The third kappa shape index (κ3) is 3.78. The number of para-hydroxylation sites is 6. The zero-order valence-corrected chi connectivity index (χ0v) is 26.7. The highest BCUT2D eigenvalue weighted by Crippen LogP contribution is 2.43. The molecule has 0 radical (unpaired) electrons. The van der Waals surface area contributed by atoms with Gasteiger partial charge in [-0.1, -0.05) is 115 Å². The topological polar surface area (TPSA) is 61.4 Å². The van der Waals surface area contributed by atoms with Crippen molar-refractivity contribution in [3.63, 3.8) is 0 Å². The van der Waals surface area contributed by atoms with Crippen LogP contribution in [0, 0.1) is 0 Å². The predicted molar refractivity (Wildman–Crippen MR) is 204 cm³/mol. The SMILES string of the molecule is c1ccc2c(-c3nc4ccccc4nc3-n3c4ccccc4c4ccc5c6ccccc6n(-c6cnc7ccccc7n6)c5c43)cccc2c1. The van der Waals surface area contributed by atoms with Crippen LogP contribution >= 0.6 is 0 Å². The van der Waals surface area contributed by atoms with E-state index in [9.17, 15) is 0 Å². The lowest BCUT2D eigenvalue weighted by Gasteiger charge is -2.16. The molecule has 50 heavy (non-hydrogen) atoms. The molecule has 232 valence electrons. The van der Waals surface area contributed by atoms with Crippen molar-refractivity contribution >= 4 is 76.5 Å². The summed E-state index contributed by atoms with van der Waals surface area (Å²) < 4.78 is 4.60. The van der Waals surface area contributed by atoms with Gasteiger partial charge in [-0.05, 0) is 47.2 Å². The molecule has 6 heteroatoms. The van der Waals surface area contributed by atoms with Crippen LogP contribution < -0.4 is 0 Å². The molecular weight excluding hydrogens is 613 g/mol. The van der Waals surface area contributed by atoms with Crippen molar-refractivity contribution in [3.05, 3.63) is 158 Å². The first kappa shape index (κ1) is 27.1. The molecule has 0 N–H and O–H groups in total. The first-order valence-corrected chi connectivity index (χ1v) is 16.7. The summed E-state index contributed by atoms with van der Waals surface area (Å²) in [7, 11) is 0. The summed E-state index contributed by atoms with van der Waals surface area (Å²) in [4.78, 5) is 20.9. The highest BCUT2D eigenvalue weighted by Gasteiger charge is 2.25. The molecule has 0 spiro atoms. The second-order valence-corrected chi connectivity index (χ2v) is 12.7. The lowest BCUT2D eigenvalue weighted by atomic mass is 10.0. The fourth-order valence-electron chi connectivity index (χ4n) is 7.77. The van der Waals surface area contributed by atoms with Crippen LogP contribution in [-0.2, 0) is 0 Å². The van der Waals surface area contributed by atoms with Gasteiger partial charge in [0.25, 0.3) is 0 Å². The molecule has 0 saturated carbocycles. The standard InChI is InChI=1S/C44H26N6/c1-2-14-28-27(12-1)13-11-17-31(28)41-44(48-37-21-8-7-20-36(37)47-41)50-39-23-10-4-16-30(39)33-25-24-32-29-15-3-9-22-38(29)49(42(32)43(33)50)40-26-45-34-18-5-6-19-35(34)46-40/h1-26H. The number of fused-ring (bicyclic) bond motifs is 10. The molecule has 0 saturated heterocycles. The summed E-state index contributed by atoms with van der Waals surface area (Å²) in [5, 5.41) is 6.84. The average Bonchev–Trinajstić information content (AvgIpc) is 3.70. The van der Waals surface area contributed by atoms with Gasteiger partial charge in [-0.25, -0.2) is 15.0 Å². The maximum atomic E-state index is 5.47. The molecule has 0 bridgehead atoms. The summed E-state index contributed by atoms with van der Waals surface area (Å²) in [6, 6.07) is 52.8. The third-order valence-corrected chi connectivity index (χ3v) is 9.94. The van der Waals surface area contributed by atoms with Gasteiger partial charge in [0.05, 0.1) is 50.3 Å². The first-order chi connectivity index (χ1) is 24.8. The monoisotopic (exact) mass is 638 g/mol. The minimum Gasteiger partial charge on any atom is -0.290 e. The molecule has 11 rings (SSSR count). The maximum Gasteiger partial charge on any atom is 0.165 e. The zero-order valence-electron chi connectivity index (χ0n) is 26.7.